The number of carboxylic acid groups (broad SMARTS) is 1. The number of rotatable bonds is 7. The summed E-state index contributed by atoms with van der Waals surface area (Å²) in [6, 6.07) is 0.908. The van der Waals surface area contributed by atoms with Gasteiger partial charge in [-0.2, -0.15) is 11.3 Å². The van der Waals surface area contributed by atoms with Gasteiger partial charge in [0, 0.05) is 44.0 Å². The molecule has 0 aliphatic carbocycles. The number of hydrogen-bond donors (Lipinski definition) is 2. The van der Waals surface area contributed by atoms with Gasteiger partial charge in [0.1, 0.15) is 6.04 Å². The molecule has 0 bridgehead atoms. The van der Waals surface area contributed by atoms with Gasteiger partial charge in [0.15, 0.2) is 0 Å². The van der Waals surface area contributed by atoms with E-state index < -0.39 is 12.0 Å². The van der Waals surface area contributed by atoms with Crippen molar-refractivity contribution in [2.75, 3.05) is 20.2 Å². The Labute approximate surface area is 138 Å². The Morgan fingerprint density at radius 3 is 2.87 bits per heavy atom. The molecule has 2 amide bonds. The molecule has 1 aliphatic heterocycles. The molecule has 2 N–H and O–H groups in total. The molecular weight excluding hydrogens is 320 g/mol. The van der Waals surface area contributed by atoms with E-state index in [2.05, 4.69) is 5.32 Å². The van der Waals surface area contributed by atoms with Crippen LogP contribution in [0, 0.1) is 0 Å². The lowest BCUT2D eigenvalue weighted by atomic mass is 10.2. The highest BCUT2D eigenvalue weighted by molar-refractivity contribution is 7.08. The van der Waals surface area contributed by atoms with Crippen molar-refractivity contribution in [2.45, 2.75) is 31.4 Å². The van der Waals surface area contributed by atoms with E-state index in [4.69, 9.17) is 4.74 Å². The smallest absolute Gasteiger partial charge is 0.326 e. The SMILES string of the molecule is COC1CC(C(=O)O)N(C(=O)CCCNC(=O)c2ccsc2)C1. The highest BCUT2D eigenvalue weighted by Crippen LogP contribution is 2.21. The number of nitrogens with one attached hydrogen (secondary N) is 1. The zero-order valence-corrected chi connectivity index (χ0v) is 13.7. The fourth-order valence-corrected chi connectivity index (χ4v) is 3.19. The number of carbonyl (C=O) groups excluding carboxylic acids is 2. The molecule has 1 aromatic rings. The maximum atomic E-state index is 12.2. The average molecular weight is 340 g/mol. The number of likely N-dealkylation sites (tertiary alicyclic amines) is 1. The van der Waals surface area contributed by atoms with Gasteiger partial charge in [0.05, 0.1) is 6.10 Å². The monoisotopic (exact) mass is 340 g/mol. The van der Waals surface area contributed by atoms with Crippen LogP contribution < -0.4 is 5.32 Å². The van der Waals surface area contributed by atoms with Crippen LogP contribution in [-0.4, -0.2) is 60.1 Å². The minimum Gasteiger partial charge on any atom is -0.480 e. The minimum absolute atomic E-state index is 0.164. The number of carbonyl (C=O) groups is 3. The molecule has 0 spiro atoms. The fourth-order valence-electron chi connectivity index (χ4n) is 2.56. The predicted molar refractivity (Wildman–Crippen MR) is 84.4 cm³/mol. The first-order valence-corrected chi connectivity index (χ1v) is 8.32. The molecule has 23 heavy (non-hydrogen) atoms. The topological polar surface area (TPSA) is 95.9 Å². The molecular formula is C15H20N2O5S. The van der Waals surface area contributed by atoms with Crippen molar-refractivity contribution in [3.8, 4) is 0 Å². The number of aliphatic carboxylic acids is 1. The minimum atomic E-state index is -1.01. The lowest BCUT2D eigenvalue weighted by Gasteiger charge is -2.21. The molecule has 1 fully saturated rings. The summed E-state index contributed by atoms with van der Waals surface area (Å²) in [5.74, 6) is -1.40. The predicted octanol–water partition coefficient (Wildman–Crippen LogP) is 0.959. The summed E-state index contributed by atoms with van der Waals surface area (Å²) in [5, 5.41) is 15.5. The van der Waals surface area contributed by atoms with Crippen LogP contribution in [0.1, 0.15) is 29.6 Å². The number of carboxylic acids is 1. The van der Waals surface area contributed by atoms with E-state index in [1.807, 2.05) is 5.38 Å². The molecule has 2 unspecified atom stereocenters. The van der Waals surface area contributed by atoms with Gasteiger partial charge in [-0.05, 0) is 17.9 Å². The van der Waals surface area contributed by atoms with E-state index in [0.29, 0.717) is 31.5 Å². The Hall–Kier alpha value is -1.93. The standard InChI is InChI=1S/C15H20N2O5S/c1-22-11-7-12(15(20)21)17(8-11)13(18)3-2-5-16-14(19)10-4-6-23-9-10/h4,6,9,11-12H,2-3,5,7-8H2,1H3,(H,16,19)(H,20,21). The van der Waals surface area contributed by atoms with Crippen molar-refractivity contribution < 1.29 is 24.2 Å². The van der Waals surface area contributed by atoms with Crippen molar-refractivity contribution in [1.29, 1.82) is 0 Å². The first kappa shape index (κ1) is 17.4. The third-order valence-electron chi connectivity index (χ3n) is 3.84. The summed E-state index contributed by atoms with van der Waals surface area (Å²) in [6.07, 6.45) is 0.740. The van der Waals surface area contributed by atoms with Crippen LogP contribution in [-0.2, 0) is 14.3 Å². The highest BCUT2D eigenvalue weighted by atomic mass is 32.1. The van der Waals surface area contributed by atoms with E-state index >= 15 is 0 Å². The average Bonchev–Trinajstić information content (AvgIpc) is 3.19. The summed E-state index contributed by atoms with van der Waals surface area (Å²) in [5.41, 5.74) is 0.606. The Kier molecular flexibility index (Phi) is 6.12. The Balaban J connectivity index is 1.75. The van der Waals surface area contributed by atoms with Crippen molar-refractivity contribution in [2.24, 2.45) is 0 Å². The molecule has 0 aromatic carbocycles. The lowest BCUT2D eigenvalue weighted by molar-refractivity contribution is -0.148. The summed E-state index contributed by atoms with van der Waals surface area (Å²) >= 11 is 1.44. The number of hydrogen-bond acceptors (Lipinski definition) is 5. The van der Waals surface area contributed by atoms with Crippen molar-refractivity contribution in [3.63, 3.8) is 0 Å². The van der Waals surface area contributed by atoms with E-state index in [-0.39, 0.29) is 24.3 Å². The quantitative estimate of drug-likeness (QED) is 0.721. The molecule has 2 rings (SSSR count). The summed E-state index contributed by atoms with van der Waals surface area (Å²) < 4.78 is 5.16. The van der Waals surface area contributed by atoms with Gasteiger partial charge in [0.25, 0.3) is 5.91 Å². The largest absolute Gasteiger partial charge is 0.480 e. The Bertz CT molecular complexity index is 560. The third-order valence-corrected chi connectivity index (χ3v) is 4.52. The Morgan fingerprint density at radius 1 is 1.48 bits per heavy atom. The second-order valence-electron chi connectivity index (χ2n) is 5.37. The number of thiophene rings is 1. The van der Waals surface area contributed by atoms with E-state index in [1.54, 1.807) is 11.4 Å². The van der Waals surface area contributed by atoms with Gasteiger partial charge in [-0.25, -0.2) is 4.79 Å². The van der Waals surface area contributed by atoms with Crippen molar-refractivity contribution in [1.82, 2.24) is 10.2 Å². The molecule has 0 radical (unpaired) electrons. The molecule has 1 saturated heterocycles. The highest BCUT2D eigenvalue weighted by Gasteiger charge is 2.39. The van der Waals surface area contributed by atoms with Gasteiger partial charge >= 0.3 is 5.97 Å². The summed E-state index contributed by atoms with van der Waals surface area (Å²) in [4.78, 5) is 36.5. The first-order chi connectivity index (χ1) is 11.0. The van der Waals surface area contributed by atoms with Gasteiger partial charge in [0.2, 0.25) is 5.91 Å². The van der Waals surface area contributed by atoms with Crippen LogP contribution in [0.4, 0.5) is 0 Å². The lowest BCUT2D eigenvalue weighted by Crippen LogP contribution is -2.40. The van der Waals surface area contributed by atoms with Crippen molar-refractivity contribution >= 4 is 29.1 Å². The van der Waals surface area contributed by atoms with Gasteiger partial charge in [-0.1, -0.05) is 0 Å². The second-order valence-corrected chi connectivity index (χ2v) is 6.15. The zero-order chi connectivity index (χ0) is 16.8. The molecule has 1 aliphatic rings. The van der Waals surface area contributed by atoms with E-state index in [9.17, 15) is 19.5 Å². The Morgan fingerprint density at radius 2 is 2.26 bits per heavy atom. The van der Waals surface area contributed by atoms with Crippen molar-refractivity contribution in [3.05, 3.63) is 22.4 Å². The molecule has 8 heteroatoms. The number of nitrogens with zero attached hydrogens (tertiary/aromatic N) is 1. The molecule has 1 aromatic heterocycles. The van der Waals surface area contributed by atoms with Gasteiger partial charge in [-0.15, -0.1) is 0 Å². The van der Waals surface area contributed by atoms with Crippen LogP contribution in [0.15, 0.2) is 16.8 Å². The number of methoxy groups -OCH3 is 1. The zero-order valence-electron chi connectivity index (χ0n) is 12.9. The number of amides is 2. The molecule has 0 saturated carbocycles. The molecule has 7 nitrogen and oxygen atoms in total. The maximum absolute atomic E-state index is 12.2. The van der Waals surface area contributed by atoms with Crippen LogP contribution >= 0.6 is 11.3 Å². The van der Waals surface area contributed by atoms with Gasteiger partial charge < -0.3 is 20.1 Å². The second kappa shape index (κ2) is 8.07. The fraction of sp³-hybridized carbons (Fsp3) is 0.533. The normalized spacial score (nSPS) is 20.5. The van der Waals surface area contributed by atoms with E-state index in [1.165, 1.54) is 23.3 Å². The van der Waals surface area contributed by atoms with Gasteiger partial charge in [-0.3, -0.25) is 9.59 Å². The molecule has 126 valence electrons. The first-order valence-electron chi connectivity index (χ1n) is 7.38. The molecule has 2 heterocycles. The molecule has 2 atom stereocenters. The van der Waals surface area contributed by atoms with Crippen LogP contribution in [0.2, 0.25) is 0 Å². The van der Waals surface area contributed by atoms with Crippen LogP contribution in [0.25, 0.3) is 0 Å². The van der Waals surface area contributed by atoms with Crippen LogP contribution in [0.5, 0.6) is 0 Å². The van der Waals surface area contributed by atoms with Crippen LogP contribution in [0.3, 0.4) is 0 Å². The summed E-state index contributed by atoms with van der Waals surface area (Å²) in [7, 11) is 1.51. The summed E-state index contributed by atoms with van der Waals surface area (Å²) in [6.45, 7) is 0.674. The number of ether oxygens (including phenoxy) is 1. The third kappa shape index (κ3) is 4.52. The maximum Gasteiger partial charge on any atom is 0.326 e. The van der Waals surface area contributed by atoms with E-state index in [0.717, 1.165) is 0 Å².